The van der Waals surface area contributed by atoms with Crippen LogP contribution in [0.25, 0.3) is 93.5 Å². The smallest absolute Gasteiger partial charge is 0.165 e. The Hall–Kier alpha value is -6.53. The molecule has 0 aliphatic carbocycles. The molecule has 218 valence electrons. The molecule has 11 aromatic rings. The van der Waals surface area contributed by atoms with Crippen molar-refractivity contribution in [1.82, 2.24) is 28.5 Å². The molecule has 0 aliphatic rings. The summed E-state index contributed by atoms with van der Waals surface area (Å²) >= 11 is 0. The maximum atomic E-state index is 5.13. The monoisotopic (exact) mass is 600 g/mol. The first kappa shape index (κ1) is 24.8. The zero-order valence-electron chi connectivity index (χ0n) is 25.0. The second-order valence-corrected chi connectivity index (χ2v) is 12.1. The van der Waals surface area contributed by atoms with Crippen molar-refractivity contribution in [2.75, 3.05) is 0 Å². The molecule has 0 spiro atoms. The van der Waals surface area contributed by atoms with Gasteiger partial charge in [0.05, 0.1) is 33.8 Å². The van der Waals surface area contributed by atoms with Gasteiger partial charge >= 0.3 is 0 Å². The molecule has 0 atom stereocenters. The van der Waals surface area contributed by atoms with Crippen molar-refractivity contribution in [3.05, 3.63) is 146 Å². The van der Waals surface area contributed by atoms with Crippen molar-refractivity contribution in [2.24, 2.45) is 0 Å². The Morgan fingerprint density at radius 1 is 0.447 bits per heavy atom. The van der Waals surface area contributed by atoms with Gasteiger partial charge in [-0.05, 0) is 66.7 Å². The lowest BCUT2D eigenvalue weighted by Gasteiger charge is -2.13. The molecule has 0 aliphatic heterocycles. The predicted molar refractivity (Wildman–Crippen MR) is 192 cm³/mol. The van der Waals surface area contributed by atoms with Crippen molar-refractivity contribution in [3.8, 4) is 11.4 Å². The minimum atomic E-state index is 0.835. The van der Waals surface area contributed by atoms with Gasteiger partial charge in [0.25, 0.3) is 0 Å². The highest BCUT2D eigenvalue weighted by atomic mass is 15.1. The Morgan fingerprint density at radius 3 is 2.02 bits per heavy atom. The summed E-state index contributed by atoms with van der Waals surface area (Å²) in [5.41, 5.74) is 10.5. The van der Waals surface area contributed by atoms with Gasteiger partial charge in [-0.15, -0.1) is 0 Å². The van der Waals surface area contributed by atoms with Gasteiger partial charge in [0.1, 0.15) is 11.2 Å². The lowest BCUT2D eigenvalue weighted by Crippen LogP contribution is -1.98. The van der Waals surface area contributed by atoms with Gasteiger partial charge in [-0.3, -0.25) is 9.38 Å². The second kappa shape index (κ2) is 9.02. The van der Waals surface area contributed by atoms with Gasteiger partial charge in [-0.2, -0.15) is 0 Å². The molecular weight excluding hydrogens is 576 g/mol. The Bertz CT molecular complexity index is 3060. The summed E-state index contributed by atoms with van der Waals surface area (Å²) in [6.45, 7) is 0. The van der Waals surface area contributed by atoms with Gasteiger partial charge in [0, 0.05) is 61.5 Å². The van der Waals surface area contributed by atoms with E-state index in [9.17, 15) is 0 Å². The topological polar surface area (TPSA) is 52.9 Å². The first-order valence-corrected chi connectivity index (χ1v) is 15.8. The van der Waals surface area contributed by atoms with E-state index in [0.29, 0.717) is 0 Å². The van der Waals surface area contributed by atoms with Crippen LogP contribution in [0, 0.1) is 0 Å². The third-order valence-corrected chi connectivity index (χ3v) is 9.72. The summed E-state index contributed by atoms with van der Waals surface area (Å²) < 4.78 is 6.99. The Kier molecular flexibility index (Phi) is 4.75. The molecule has 5 aromatic carbocycles. The molecule has 6 heteroatoms. The SMILES string of the molecule is c1ccc(-n2c3ccccc3c3cc4c5ccc6c(c7ccncc7n7c8ncccc8nc67)c5n(-c5ccccc5)c4cc32)cc1. The van der Waals surface area contributed by atoms with Crippen LogP contribution in [0.4, 0.5) is 0 Å². The standard InChI is InChI=1S/C41H24N6/c1-3-10-25(11-4-1)45-34-16-8-7-14-27(34)31-22-32-28-17-18-30-38(39(28)46(36(32)23-35(31)45)26-12-5-2-6-13-26)29-19-21-42-24-37(29)47-40(30)44-33-15-9-20-43-41(33)47/h1-24H. The Labute approximate surface area is 267 Å². The number of hydrogen-bond donors (Lipinski definition) is 0. The van der Waals surface area contributed by atoms with Crippen molar-refractivity contribution in [2.45, 2.75) is 0 Å². The summed E-state index contributed by atoms with van der Waals surface area (Å²) in [4.78, 5) is 14.4. The maximum absolute atomic E-state index is 5.13. The quantitative estimate of drug-likeness (QED) is 0.186. The van der Waals surface area contributed by atoms with E-state index in [1.54, 1.807) is 0 Å². The fraction of sp³-hybridized carbons (Fsp3) is 0. The third kappa shape index (κ3) is 3.21. The van der Waals surface area contributed by atoms with Crippen molar-refractivity contribution in [3.63, 3.8) is 0 Å². The van der Waals surface area contributed by atoms with Crippen LogP contribution in [0.2, 0.25) is 0 Å². The van der Waals surface area contributed by atoms with Crippen molar-refractivity contribution < 1.29 is 0 Å². The number of imidazole rings is 1. The number of benzene rings is 5. The number of rotatable bonds is 2. The third-order valence-electron chi connectivity index (χ3n) is 9.72. The second-order valence-electron chi connectivity index (χ2n) is 12.1. The highest BCUT2D eigenvalue weighted by molar-refractivity contribution is 6.29. The fourth-order valence-electron chi connectivity index (χ4n) is 7.82. The van der Waals surface area contributed by atoms with E-state index in [1.807, 2.05) is 30.7 Å². The summed E-state index contributed by atoms with van der Waals surface area (Å²) in [5.74, 6) is 0. The van der Waals surface area contributed by atoms with Gasteiger partial charge in [0.15, 0.2) is 5.65 Å². The van der Waals surface area contributed by atoms with Gasteiger partial charge in [0.2, 0.25) is 0 Å². The van der Waals surface area contributed by atoms with E-state index >= 15 is 0 Å². The number of para-hydroxylation sites is 3. The number of hydrogen-bond acceptors (Lipinski definition) is 3. The minimum Gasteiger partial charge on any atom is -0.309 e. The van der Waals surface area contributed by atoms with Gasteiger partial charge in [-0.25, -0.2) is 9.97 Å². The summed E-state index contributed by atoms with van der Waals surface area (Å²) in [6, 6.07) is 45.5. The molecule has 0 amide bonds. The molecule has 0 fully saturated rings. The molecule has 0 unspecified atom stereocenters. The lowest BCUT2D eigenvalue weighted by atomic mass is 10.0. The van der Waals surface area contributed by atoms with Crippen LogP contribution >= 0.6 is 0 Å². The Balaban J connectivity index is 1.41. The van der Waals surface area contributed by atoms with Crippen LogP contribution in [-0.4, -0.2) is 28.5 Å². The predicted octanol–water partition coefficient (Wildman–Crippen LogP) is 9.78. The van der Waals surface area contributed by atoms with Gasteiger partial charge in [-0.1, -0.05) is 60.7 Å². The first-order chi connectivity index (χ1) is 23.3. The molecule has 0 bridgehead atoms. The fourth-order valence-corrected chi connectivity index (χ4v) is 7.82. The van der Waals surface area contributed by atoms with E-state index in [-0.39, 0.29) is 0 Å². The van der Waals surface area contributed by atoms with Crippen LogP contribution in [0.1, 0.15) is 0 Å². The van der Waals surface area contributed by atoms with E-state index < -0.39 is 0 Å². The van der Waals surface area contributed by atoms with Crippen molar-refractivity contribution in [1.29, 1.82) is 0 Å². The average molecular weight is 601 g/mol. The van der Waals surface area contributed by atoms with E-state index in [2.05, 4.69) is 134 Å². The van der Waals surface area contributed by atoms with Crippen LogP contribution in [-0.2, 0) is 0 Å². The highest BCUT2D eigenvalue weighted by Gasteiger charge is 2.23. The molecule has 0 saturated heterocycles. The van der Waals surface area contributed by atoms with E-state index in [1.165, 1.54) is 32.6 Å². The zero-order chi connectivity index (χ0) is 30.6. The molecule has 6 heterocycles. The molecule has 6 aromatic heterocycles. The summed E-state index contributed by atoms with van der Waals surface area (Å²) in [6.07, 6.45) is 5.66. The Morgan fingerprint density at radius 2 is 1.17 bits per heavy atom. The number of fused-ring (bicyclic) bond motifs is 15. The summed E-state index contributed by atoms with van der Waals surface area (Å²) in [7, 11) is 0. The van der Waals surface area contributed by atoms with Gasteiger partial charge < -0.3 is 9.13 Å². The number of aromatic nitrogens is 6. The molecule has 0 N–H and O–H groups in total. The minimum absolute atomic E-state index is 0.835. The maximum Gasteiger partial charge on any atom is 0.165 e. The highest BCUT2D eigenvalue weighted by Crippen LogP contribution is 2.44. The van der Waals surface area contributed by atoms with Crippen LogP contribution in [0.3, 0.4) is 0 Å². The van der Waals surface area contributed by atoms with E-state index in [4.69, 9.17) is 9.97 Å². The summed E-state index contributed by atoms with van der Waals surface area (Å²) in [5, 5.41) is 8.24. The number of pyridine rings is 3. The number of nitrogens with zero attached hydrogens (tertiary/aromatic N) is 6. The molecular formula is C41H24N6. The zero-order valence-corrected chi connectivity index (χ0v) is 25.0. The molecule has 11 rings (SSSR count). The lowest BCUT2D eigenvalue weighted by molar-refractivity contribution is 1.17. The van der Waals surface area contributed by atoms with E-state index in [0.717, 1.165) is 60.9 Å². The normalized spacial score (nSPS) is 12.3. The van der Waals surface area contributed by atoms with Crippen LogP contribution in [0.15, 0.2) is 146 Å². The van der Waals surface area contributed by atoms with Crippen LogP contribution < -0.4 is 0 Å². The molecule has 47 heavy (non-hydrogen) atoms. The molecule has 0 radical (unpaired) electrons. The largest absolute Gasteiger partial charge is 0.309 e. The average Bonchev–Trinajstić information content (AvgIpc) is 3.79. The first-order valence-electron chi connectivity index (χ1n) is 15.8. The molecule has 6 nitrogen and oxygen atoms in total. The molecule has 0 saturated carbocycles. The van der Waals surface area contributed by atoms with Crippen molar-refractivity contribution >= 4 is 82.1 Å². The van der Waals surface area contributed by atoms with Crippen LogP contribution in [0.5, 0.6) is 0 Å².